The minimum atomic E-state index is 0.722. The molecule has 2 heterocycles. The van der Waals surface area contributed by atoms with E-state index in [0.717, 1.165) is 37.8 Å². The molecule has 1 atom stereocenters. The van der Waals surface area contributed by atoms with Crippen LogP contribution in [0.5, 0.6) is 0 Å². The summed E-state index contributed by atoms with van der Waals surface area (Å²) >= 11 is 0. The fourth-order valence-corrected chi connectivity index (χ4v) is 3.08. The van der Waals surface area contributed by atoms with Crippen LogP contribution < -0.4 is 10.6 Å². The number of nitrogens with zero attached hydrogens (tertiary/aromatic N) is 2. The molecule has 1 aliphatic heterocycles. The van der Waals surface area contributed by atoms with E-state index in [1.54, 1.807) is 0 Å². The molecule has 1 aromatic heterocycles. The Morgan fingerprint density at radius 2 is 2.16 bits per heavy atom. The number of hydrogen-bond acceptors (Lipinski definition) is 3. The van der Waals surface area contributed by atoms with E-state index in [1.165, 1.54) is 23.6 Å². The van der Waals surface area contributed by atoms with Crippen LogP contribution in [0.2, 0.25) is 0 Å². The van der Waals surface area contributed by atoms with Crippen LogP contribution in [-0.4, -0.2) is 24.6 Å². The summed E-state index contributed by atoms with van der Waals surface area (Å²) in [6.07, 6.45) is 5.60. The molecular weight excluding hydrogens is 234 g/mol. The van der Waals surface area contributed by atoms with Crippen molar-refractivity contribution in [3.63, 3.8) is 0 Å². The van der Waals surface area contributed by atoms with Crippen molar-refractivity contribution in [2.75, 3.05) is 24.5 Å². The zero-order valence-corrected chi connectivity index (χ0v) is 11.3. The summed E-state index contributed by atoms with van der Waals surface area (Å²) in [6, 6.07) is 10.6. The summed E-state index contributed by atoms with van der Waals surface area (Å²) in [4.78, 5) is 7.06. The van der Waals surface area contributed by atoms with E-state index in [2.05, 4.69) is 40.2 Å². The van der Waals surface area contributed by atoms with Crippen molar-refractivity contribution >= 4 is 16.6 Å². The van der Waals surface area contributed by atoms with E-state index in [4.69, 9.17) is 5.73 Å². The fourth-order valence-electron chi connectivity index (χ4n) is 3.08. The minimum absolute atomic E-state index is 0.722. The monoisotopic (exact) mass is 255 g/mol. The zero-order valence-electron chi connectivity index (χ0n) is 11.3. The third-order valence-electron chi connectivity index (χ3n) is 4.05. The van der Waals surface area contributed by atoms with Gasteiger partial charge in [-0.1, -0.05) is 24.3 Å². The van der Waals surface area contributed by atoms with Crippen molar-refractivity contribution in [3.05, 3.63) is 36.5 Å². The quantitative estimate of drug-likeness (QED) is 0.917. The Labute approximate surface area is 114 Å². The van der Waals surface area contributed by atoms with Crippen LogP contribution in [0.3, 0.4) is 0 Å². The van der Waals surface area contributed by atoms with Gasteiger partial charge < -0.3 is 10.6 Å². The summed E-state index contributed by atoms with van der Waals surface area (Å²) in [5, 5.41) is 2.53. The van der Waals surface area contributed by atoms with E-state index in [0.29, 0.717) is 0 Å². The highest BCUT2D eigenvalue weighted by molar-refractivity contribution is 5.92. The molecule has 0 bridgehead atoms. The Kier molecular flexibility index (Phi) is 3.65. The largest absolute Gasteiger partial charge is 0.356 e. The maximum atomic E-state index is 5.70. The number of fused-ring (bicyclic) bond motifs is 1. The predicted molar refractivity (Wildman–Crippen MR) is 80.4 cm³/mol. The van der Waals surface area contributed by atoms with Crippen molar-refractivity contribution in [1.29, 1.82) is 0 Å². The van der Waals surface area contributed by atoms with Gasteiger partial charge in [0.25, 0.3) is 0 Å². The molecule has 1 fully saturated rings. The van der Waals surface area contributed by atoms with Gasteiger partial charge in [0.2, 0.25) is 0 Å². The van der Waals surface area contributed by atoms with Crippen LogP contribution in [0.15, 0.2) is 36.5 Å². The molecule has 0 saturated carbocycles. The summed E-state index contributed by atoms with van der Waals surface area (Å²) in [7, 11) is 0. The standard InChI is InChI=1S/C16H21N3/c17-9-7-13-4-3-11-19(12-13)16-15-6-2-1-5-14(15)8-10-18-16/h1-2,5-6,8,10,13H,3-4,7,9,11-12,17H2. The fraction of sp³-hybridized carbons (Fsp3) is 0.438. The first-order valence-corrected chi connectivity index (χ1v) is 7.17. The van der Waals surface area contributed by atoms with Gasteiger partial charge >= 0.3 is 0 Å². The second kappa shape index (κ2) is 5.57. The maximum absolute atomic E-state index is 5.70. The third kappa shape index (κ3) is 2.56. The average molecular weight is 255 g/mol. The van der Waals surface area contributed by atoms with Gasteiger partial charge in [-0.05, 0) is 43.2 Å². The van der Waals surface area contributed by atoms with Gasteiger partial charge in [0, 0.05) is 24.7 Å². The molecule has 0 radical (unpaired) electrons. The Hall–Kier alpha value is -1.61. The molecule has 2 aromatic rings. The lowest BCUT2D eigenvalue weighted by Gasteiger charge is -2.34. The van der Waals surface area contributed by atoms with E-state index in [-0.39, 0.29) is 0 Å². The highest BCUT2D eigenvalue weighted by Crippen LogP contribution is 2.28. The van der Waals surface area contributed by atoms with Crippen molar-refractivity contribution in [2.24, 2.45) is 11.7 Å². The first kappa shape index (κ1) is 12.4. The summed E-state index contributed by atoms with van der Waals surface area (Å²) < 4.78 is 0. The van der Waals surface area contributed by atoms with E-state index < -0.39 is 0 Å². The normalized spacial score (nSPS) is 19.8. The van der Waals surface area contributed by atoms with Crippen LogP contribution in [0.4, 0.5) is 5.82 Å². The van der Waals surface area contributed by atoms with Gasteiger partial charge in [0.15, 0.2) is 0 Å². The number of aromatic nitrogens is 1. The molecule has 3 nitrogen and oxygen atoms in total. The lowest BCUT2D eigenvalue weighted by atomic mass is 9.94. The topological polar surface area (TPSA) is 42.1 Å². The van der Waals surface area contributed by atoms with Crippen LogP contribution in [0, 0.1) is 5.92 Å². The molecule has 1 saturated heterocycles. The number of anilines is 1. The van der Waals surface area contributed by atoms with Crippen LogP contribution in [-0.2, 0) is 0 Å². The molecule has 1 unspecified atom stereocenters. The maximum Gasteiger partial charge on any atom is 0.136 e. The van der Waals surface area contributed by atoms with E-state index >= 15 is 0 Å². The highest BCUT2D eigenvalue weighted by atomic mass is 15.2. The average Bonchev–Trinajstić information content (AvgIpc) is 2.47. The number of nitrogens with two attached hydrogens (primary N) is 1. The molecule has 19 heavy (non-hydrogen) atoms. The molecular formula is C16H21N3. The first-order chi connectivity index (χ1) is 9.38. The van der Waals surface area contributed by atoms with Crippen molar-refractivity contribution in [1.82, 2.24) is 4.98 Å². The predicted octanol–water partition coefficient (Wildman–Crippen LogP) is 2.80. The number of hydrogen-bond donors (Lipinski definition) is 1. The van der Waals surface area contributed by atoms with Gasteiger partial charge in [-0.2, -0.15) is 0 Å². The molecule has 0 amide bonds. The Morgan fingerprint density at radius 3 is 3.05 bits per heavy atom. The van der Waals surface area contributed by atoms with Gasteiger partial charge in [0.05, 0.1) is 0 Å². The number of benzene rings is 1. The van der Waals surface area contributed by atoms with Gasteiger partial charge in [-0.15, -0.1) is 0 Å². The number of piperidine rings is 1. The van der Waals surface area contributed by atoms with Crippen molar-refractivity contribution in [2.45, 2.75) is 19.3 Å². The molecule has 2 N–H and O–H groups in total. The Bertz CT molecular complexity index is 545. The highest BCUT2D eigenvalue weighted by Gasteiger charge is 2.21. The summed E-state index contributed by atoms with van der Waals surface area (Å²) in [5.74, 6) is 1.86. The molecule has 0 spiro atoms. The lowest BCUT2D eigenvalue weighted by Crippen LogP contribution is -2.36. The minimum Gasteiger partial charge on any atom is -0.356 e. The SMILES string of the molecule is NCCC1CCCN(c2nccc3ccccc23)C1. The van der Waals surface area contributed by atoms with Gasteiger partial charge in [-0.3, -0.25) is 0 Å². The Balaban J connectivity index is 1.91. The van der Waals surface area contributed by atoms with Gasteiger partial charge in [-0.25, -0.2) is 4.98 Å². The molecule has 1 aromatic carbocycles. The first-order valence-electron chi connectivity index (χ1n) is 7.17. The smallest absolute Gasteiger partial charge is 0.136 e. The van der Waals surface area contributed by atoms with E-state index in [9.17, 15) is 0 Å². The van der Waals surface area contributed by atoms with Crippen LogP contribution in [0.25, 0.3) is 10.8 Å². The third-order valence-corrected chi connectivity index (χ3v) is 4.05. The second-order valence-corrected chi connectivity index (χ2v) is 5.39. The van der Waals surface area contributed by atoms with Crippen molar-refractivity contribution in [3.8, 4) is 0 Å². The lowest BCUT2D eigenvalue weighted by molar-refractivity contribution is 0.395. The van der Waals surface area contributed by atoms with Crippen LogP contribution >= 0.6 is 0 Å². The van der Waals surface area contributed by atoms with E-state index in [1.807, 2.05) is 6.20 Å². The van der Waals surface area contributed by atoms with Crippen molar-refractivity contribution < 1.29 is 0 Å². The zero-order chi connectivity index (χ0) is 13.1. The van der Waals surface area contributed by atoms with Gasteiger partial charge in [0.1, 0.15) is 5.82 Å². The summed E-state index contributed by atoms with van der Waals surface area (Å²) in [6.45, 7) is 3.00. The van der Waals surface area contributed by atoms with Crippen LogP contribution in [0.1, 0.15) is 19.3 Å². The second-order valence-electron chi connectivity index (χ2n) is 5.39. The molecule has 100 valence electrons. The molecule has 0 aliphatic carbocycles. The Morgan fingerprint density at radius 1 is 1.26 bits per heavy atom. The molecule has 3 heteroatoms. The number of pyridine rings is 1. The summed E-state index contributed by atoms with van der Waals surface area (Å²) in [5.41, 5.74) is 5.70. The molecule has 3 rings (SSSR count). The number of rotatable bonds is 3. The molecule has 1 aliphatic rings.